The molecule has 1 aliphatic heterocycles. The van der Waals surface area contributed by atoms with Gasteiger partial charge in [0.2, 0.25) is 0 Å². The summed E-state index contributed by atoms with van der Waals surface area (Å²) in [6.07, 6.45) is 4.70. The number of halogens is 2. The standard InChI is InChI=1S/C16H17Cl2NO2/c1-9-7-10(12(18)8-11(9)17)13-14(20)16(19-15(13)21)5-3-2-4-6-16/h7-8,20H,2-6H2,1H3,(H,19,21). The molecule has 0 atom stereocenters. The zero-order valence-electron chi connectivity index (χ0n) is 11.8. The van der Waals surface area contributed by atoms with Crippen molar-refractivity contribution in [1.82, 2.24) is 5.32 Å². The predicted molar refractivity (Wildman–Crippen MR) is 84.7 cm³/mol. The van der Waals surface area contributed by atoms with Crippen molar-refractivity contribution < 1.29 is 9.90 Å². The molecule has 2 N–H and O–H groups in total. The largest absolute Gasteiger partial charge is 0.509 e. The van der Waals surface area contributed by atoms with E-state index in [1.165, 1.54) is 0 Å². The summed E-state index contributed by atoms with van der Waals surface area (Å²) in [5.41, 5.74) is 1.08. The Kier molecular flexibility index (Phi) is 3.66. The maximum Gasteiger partial charge on any atom is 0.256 e. The molecule has 3 rings (SSSR count). The molecule has 2 aliphatic rings. The summed E-state index contributed by atoms with van der Waals surface area (Å²) in [6.45, 7) is 1.85. The van der Waals surface area contributed by atoms with Crippen LogP contribution in [0.1, 0.15) is 43.2 Å². The van der Waals surface area contributed by atoms with Gasteiger partial charge in [-0.25, -0.2) is 0 Å². The molecule has 0 radical (unpaired) electrons. The Bertz CT molecular complexity index is 646. The summed E-state index contributed by atoms with van der Waals surface area (Å²) in [4.78, 5) is 12.4. The van der Waals surface area contributed by atoms with E-state index in [9.17, 15) is 9.90 Å². The molecular formula is C16H17Cl2NO2. The molecule has 112 valence electrons. The highest BCUT2D eigenvalue weighted by molar-refractivity contribution is 6.38. The van der Waals surface area contributed by atoms with Gasteiger partial charge in [0.05, 0.1) is 16.1 Å². The van der Waals surface area contributed by atoms with Gasteiger partial charge in [0.25, 0.3) is 5.91 Å². The van der Waals surface area contributed by atoms with Gasteiger partial charge in [0, 0.05) is 10.6 Å². The summed E-state index contributed by atoms with van der Waals surface area (Å²) in [7, 11) is 0. The van der Waals surface area contributed by atoms with Crippen LogP contribution in [0.3, 0.4) is 0 Å². The van der Waals surface area contributed by atoms with Crippen LogP contribution in [0, 0.1) is 6.92 Å². The first kappa shape index (κ1) is 14.7. The Morgan fingerprint density at radius 3 is 2.48 bits per heavy atom. The molecule has 0 unspecified atom stereocenters. The second-order valence-electron chi connectivity index (χ2n) is 5.90. The predicted octanol–water partition coefficient (Wildman–Crippen LogP) is 4.40. The van der Waals surface area contributed by atoms with Crippen molar-refractivity contribution in [2.24, 2.45) is 0 Å². The zero-order chi connectivity index (χ0) is 15.2. The van der Waals surface area contributed by atoms with Gasteiger partial charge in [0.15, 0.2) is 0 Å². The third kappa shape index (κ3) is 2.33. The fraction of sp³-hybridized carbons (Fsp3) is 0.438. The molecule has 1 aromatic carbocycles. The van der Waals surface area contributed by atoms with Gasteiger partial charge in [-0.2, -0.15) is 0 Å². The monoisotopic (exact) mass is 325 g/mol. The summed E-state index contributed by atoms with van der Waals surface area (Å²) in [5.74, 6) is -0.117. The topological polar surface area (TPSA) is 49.3 Å². The molecule has 1 spiro atoms. The Balaban J connectivity index is 2.12. The minimum Gasteiger partial charge on any atom is -0.509 e. The van der Waals surface area contributed by atoms with Gasteiger partial charge in [-0.05, 0) is 37.5 Å². The molecule has 0 saturated heterocycles. The van der Waals surface area contributed by atoms with E-state index >= 15 is 0 Å². The van der Waals surface area contributed by atoms with Gasteiger partial charge < -0.3 is 10.4 Å². The maximum atomic E-state index is 12.4. The first-order chi connectivity index (χ1) is 9.94. The number of hydrogen-bond donors (Lipinski definition) is 2. The van der Waals surface area contributed by atoms with Crippen molar-refractivity contribution >= 4 is 34.7 Å². The minimum atomic E-state index is -0.596. The minimum absolute atomic E-state index is 0.135. The lowest BCUT2D eigenvalue weighted by molar-refractivity contribution is -0.116. The molecule has 1 heterocycles. The van der Waals surface area contributed by atoms with E-state index in [0.717, 1.165) is 37.7 Å². The molecule has 1 amide bonds. The van der Waals surface area contributed by atoms with E-state index in [-0.39, 0.29) is 11.7 Å². The third-order valence-corrected chi connectivity index (χ3v) is 5.21. The maximum absolute atomic E-state index is 12.4. The molecular weight excluding hydrogens is 309 g/mol. The molecule has 0 aromatic heterocycles. The van der Waals surface area contributed by atoms with E-state index in [1.807, 2.05) is 6.92 Å². The van der Waals surface area contributed by atoms with Crippen LogP contribution in [0.2, 0.25) is 10.0 Å². The average molecular weight is 326 g/mol. The van der Waals surface area contributed by atoms with Crippen LogP contribution in [-0.4, -0.2) is 16.6 Å². The highest BCUT2D eigenvalue weighted by atomic mass is 35.5. The number of nitrogens with one attached hydrogen (secondary N) is 1. The van der Waals surface area contributed by atoms with Gasteiger partial charge in [-0.1, -0.05) is 42.5 Å². The van der Waals surface area contributed by atoms with Gasteiger partial charge in [-0.15, -0.1) is 0 Å². The number of rotatable bonds is 1. The molecule has 1 aliphatic carbocycles. The van der Waals surface area contributed by atoms with Crippen LogP contribution >= 0.6 is 23.2 Å². The van der Waals surface area contributed by atoms with E-state index in [4.69, 9.17) is 23.2 Å². The van der Waals surface area contributed by atoms with Crippen molar-refractivity contribution in [2.75, 3.05) is 0 Å². The smallest absolute Gasteiger partial charge is 0.256 e. The molecule has 3 nitrogen and oxygen atoms in total. The highest BCUT2D eigenvalue weighted by Gasteiger charge is 2.46. The number of aliphatic hydroxyl groups is 1. The Morgan fingerprint density at radius 1 is 1.14 bits per heavy atom. The lowest BCUT2D eigenvalue weighted by Crippen LogP contribution is -2.46. The summed E-state index contributed by atoms with van der Waals surface area (Å²) < 4.78 is 0. The zero-order valence-corrected chi connectivity index (χ0v) is 13.3. The second kappa shape index (κ2) is 5.22. The molecule has 1 aromatic rings. The normalized spacial score (nSPS) is 21.0. The number of aliphatic hydroxyl groups excluding tert-OH is 1. The highest BCUT2D eigenvalue weighted by Crippen LogP contribution is 2.43. The quantitative estimate of drug-likeness (QED) is 0.803. The molecule has 0 bridgehead atoms. The van der Waals surface area contributed by atoms with Crippen molar-refractivity contribution in [1.29, 1.82) is 0 Å². The van der Waals surface area contributed by atoms with Gasteiger partial charge in [0.1, 0.15) is 5.76 Å². The fourth-order valence-corrected chi connectivity index (χ4v) is 3.78. The summed E-state index contributed by atoms with van der Waals surface area (Å²) >= 11 is 12.3. The Hall–Kier alpha value is -1.19. The van der Waals surface area contributed by atoms with Crippen LogP contribution in [-0.2, 0) is 4.79 Å². The number of aryl methyl sites for hydroxylation is 1. The lowest BCUT2D eigenvalue weighted by Gasteiger charge is -2.33. The van der Waals surface area contributed by atoms with Crippen LogP contribution < -0.4 is 5.32 Å². The molecule has 5 heteroatoms. The number of amides is 1. The summed E-state index contributed by atoms with van der Waals surface area (Å²) in [6, 6.07) is 3.38. The van der Waals surface area contributed by atoms with Gasteiger partial charge >= 0.3 is 0 Å². The summed E-state index contributed by atoms with van der Waals surface area (Å²) in [5, 5.41) is 14.6. The Labute approximate surface area is 133 Å². The number of benzene rings is 1. The van der Waals surface area contributed by atoms with Gasteiger partial charge in [-0.3, -0.25) is 4.79 Å². The van der Waals surface area contributed by atoms with Crippen molar-refractivity contribution in [3.63, 3.8) is 0 Å². The fourth-order valence-electron chi connectivity index (χ4n) is 3.30. The van der Waals surface area contributed by atoms with Crippen molar-refractivity contribution in [3.8, 4) is 0 Å². The first-order valence-electron chi connectivity index (χ1n) is 7.17. The third-order valence-electron chi connectivity index (χ3n) is 4.49. The molecule has 21 heavy (non-hydrogen) atoms. The lowest BCUT2D eigenvalue weighted by atomic mass is 9.80. The van der Waals surface area contributed by atoms with Crippen molar-refractivity contribution in [2.45, 2.75) is 44.6 Å². The van der Waals surface area contributed by atoms with E-state index in [0.29, 0.717) is 21.2 Å². The number of hydrogen-bond acceptors (Lipinski definition) is 2. The van der Waals surface area contributed by atoms with Crippen LogP contribution in [0.4, 0.5) is 0 Å². The van der Waals surface area contributed by atoms with E-state index < -0.39 is 5.54 Å². The molecule has 1 saturated carbocycles. The average Bonchev–Trinajstić information content (AvgIpc) is 2.67. The number of carbonyl (C=O) groups is 1. The first-order valence-corrected chi connectivity index (χ1v) is 7.92. The van der Waals surface area contributed by atoms with Crippen molar-refractivity contribution in [3.05, 3.63) is 39.1 Å². The second-order valence-corrected chi connectivity index (χ2v) is 6.72. The van der Waals surface area contributed by atoms with Crippen LogP contribution in [0.5, 0.6) is 0 Å². The number of carbonyl (C=O) groups excluding carboxylic acids is 1. The van der Waals surface area contributed by atoms with E-state index in [1.54, 1.807) is 12.1 Å². The van der Waals surface area contributed by atoms with Crippen LogP contribution in [0.15, 0.2) is 17.9 Å². The van der Waals surface area contributed by atoms with E-state index in [2.05, 4.69) is 5.32 Å². The Morgan fingerprint density at radius 2 is 1.81 bits per heavy atom. The van der Waals surface area contributed by atoms with Crippen LogP contribution in [0.25, 0.3) is 5.57 Å². The SMILES string of the molecule is Cc1cc(C2=C(O)C3(CCCCC3)NC2=O)c(Cl)cc1Cl. The molecule has 1 fully saturated rings.